The molecule has 0 saturated carbocycles. The number of para-hydroxylation sites is 1. The van der Waals surface area contributed by atoms with Crippen molar-refractivity contribution in [3.63, 3.8) is 0 Å². The van der Waals surface area contributed by atoms with Crippen LogP contribution in [0.15, 0.2) is 144 Å². The van der Waals surface area contributed by atoms with E-state index in [1.807, 2.05) is 11.3 Å². The van der Waals surface area contributed by atoms with Crippen molar-refractivity contribution in [3.8, 4) is 27.9 Å². The van der Waals surface area contributed by atoms with Gasteiger partial charge in [0.1, 0.15) is 11.2 Å². The zero-order valence-corrected chi connectivity index (χ0v) is 38.4. The van der Waals surface area contributed by atoms with Crippen molar-refractivity contribution in [3.05, 3.63) is 162 Å². The number of hydrogen-bond donors (Lipinski definition) is 0. The zero-order valence-electron chi connectivity index (χ0n) is 37.6. The second kappa shape index (κ2) is 12.0. The number of benzene rings is 8. The average Bonchev–Trinajstić information content (AvgIpc) is 4.00. The van der Waals surface area contributed by atoms with Gasteiger partial charge in [-0.2, -0.15) is 0 Å². The summed E-state index contributed by atoms with van der Waals surface area (Å²) in [6.07, 6.45) is 0. The van der Waals surface area contributed by atoms with E-state index >= 15 is 0 Å². The number of fused-ring (bicyclic) bond motifs is 18. The molecule has 308 valence electrons. The third-order valence-electron chi connectivity index (χ3n) is 15.3. The Morgan fingerprint density at radius 2 is 1.27 bits per heavy atom. The molecule has 0 saturated heterocycles. The van der Waals surface area contributed by atoms with Crippen molar-refractivity contribution in [2.45, 2.75) is 71.6 Å². The molecular weight excluding hydrogens is 796 g/mol. The van der Waals surface area contributed by atoms with Crippen LogP contribution in [0.1, 0.15) is 77.6 Å². The maximum Gasteiger partial charge on any atom is 0.333 e. The van der Waals surface area contributed by atoms with Crippen LogP contribution in [0.2, 0.25) is 0 Å². The first-order valence-electron chi connectivity index (χ1n) is 22.9. The van der Waals surface area contributed by atoms with Crippen molar-refractivity contribution in [2.24, 2.45) is 0 Å². The maximum atomic E-state index is 6.60. The van der Waals surface area contributed by atoms with Crippen LogP contribution in [0, 0.1) is 0 Å². The smallest absolute Gasteiger partial charge is 0.333 e. The fourth-order valence-corrected chi connectivity index (χ4v) is 13.2. The Balaban J connectivity index is 1.16. The fraction of sp³-hybridized carbons (Fsp3) is 0.186. The largest absolute Gasteiger partial charge is 0.456 e. The van der Waals surface area contributed by atoms with Gasteiger partial charge in [-0.3, -0.25) is 0 Å². The Hall–Kier alpha value is -6.56. The van der Waals surface area contributed by atoms with E-state index in [1.165, 1.54) is 120 Å². The van der Waals surface area contributed by atoms with Gasteiger partial charge in [0.15, 0.2) is 0 Å². The summed E-state index contributed by atoms with van der Waals surface area (Å²) in [4.78, 5) is 2.71. The summed E-state index contributed by atoms with van der Waals surface area (Å²) < 4.78 is 11.9. The Morgan fingerprint density at radius 3 is 2.08 bits per heavy atom. The number of aromatic nitrogens is 1. The second-order valence-corrected chi connectivity index (χ2v) is 22.4. The summed E-state index contributed by atoms with van der Waals surface area (Å²) in [6, 6.07) is 53.9. The summed E-state index contributed by atoms with van der Waals surface area (Å²) in [5.41, 5.74) is 21.5. The molecule has 1 aliphatic carbocycles. The number of hydrogen-bond acceptors (Lipinski definition) is 3. The van der Waals surface area contributed by atoms with Crippen LogP contribution in [0.5, 0.6) is 0 Å². The second-order valence-electron chi connectivity index (χ2n) is 21.3. The van der Waals surface area contributed by atoms with E-state index in [-0.39, 0.29) is 23.1 Å². The number of thiophene rings is 1. The summed E-state index contributed by atoms with van der Waals surface area (Å²) >= 11 is 1.93. The molecular formula is C59H47BN2OS. The minimum atomic E-state index is -0.157. The van der Waals surface area contributed by atoms with Crippen molar-refractivity contribution >= 4 is 104 Å². The molecule has 0 N–H and O–H groups in total. The lowest BCUT2D eigenvalue weighted by molar-refractivity contribution is 0.590. The molecule has 0 unspecified atom stereocenters. The number of rotatable bonds is 1. The van der Waals surface area contributed by atoms with Crippen LogP contribution in [-0.2, 0) is 16.2 Å². The summed E-state index contributed by atoms with van der Waals surface area (Å²) in [5.74, 6) is 0. The molecule has 3 nitrogen and oxygen atoms in total. The van der Waals surface area contributed by atoms with Crippen LogP contribution in [0.3, 0.4) is 0 Å². The Kier molecular flexibility index (Phi) is 6.89. The van der Waals surface area contributed by atoms with Crippen LogP contribution in [-0.4, -0.2) is 11.4 Å². The molecule has 14 rings (SSSR count). The van der Waals surface area contributed by atoms with Gasteiger partial charge in [-0.05, 0) is 115 Å². The van der Waals surface area contributed by atoms with Crippen molar-refractivity contribution < 1.29 is 4.42 Å². The van der Waals surface area contributed by atoms with E-state index in [9.17, 15) is 0 Å². The molecule has 0 fully saturated rings. The van der Waals surface area contributed by atoms with Crippen molar-refractivity contribution in [1.29, 1.82) is 0 Å². The lowest BCUT2D eigenvalue weighted by atomic mass is 9.43. The van der Waals surface area contributed by atoms with Crippen molar-refractivity contribution in [1.82, 2.24) is 4.57 Å². The predicted octanol–water partition coefficient (Wildman–Crippen LogP) is 15.2. The molecule has 64 heavy (non-hydrogen) atoms. The topological polar surface area (TPSA) is 21.3 Å². The third-order valence-corrected chi connectivity index (χ3v) is 16.4. The molecule has 11 aromatic rings. The SMILES string of the molecule is CC(C)(C)c1ccc(N2B3c4cc5c(cc4-n4c6ccc7oc8ccccc8c7c6c6ccc(c3c64)-c3cc4sc6cc(C(C)(C)C)ccc6c4cc32)-c2ccccc2C5(C)C)cc1. The Morgan fingerprint density at radius 1 is 0.531 bits per heavy atom. The third kappa shape index (κ3) is 4.63. The number of anilines is 2. The number of furan rings is 1. The van der Waals surface area contributed by atoms with Gasteiger partial charge in [-0.15, -0.1) is 11.3 Å². The van der Waals surface area contributed by atoms with Gasteiger partial charge in [0, 0.05) is 69.8 Å². The van der Waals surface area contributed by atoms with Gasteiger partial charge in [-0.25, -0.2) is 0 Å². The molecule has 5 heteroatoms. The lowest BCUT2D eigenvalue weighted by Gasteiger charge is -2.42. The molecule has 0 atom stereocenters. The van der Waals surface area contributed by atoms with Gasteiger partial charge in [0.2, 0.25) is 0 Å². The first-order chi connectivity index (χ1) is 30.8. The van der Waals surface area contributed by atoms with Crippen LogP contribution in [0.4, 0.5) is 11.4 Å². The average molecular weight is 843 g/mol. The van der Waals surface area contributed by atoms with Gasteiger partial charge in [0.05, 0.1) is 11.0 Å². The molecule has 0 radical (unpaired) electrons. The molecule has 5 heterocycles. The molecule has 3 aliphatic rings. The van der Waals surface area contributed by atoms with Gasteiger partial charge < -0.3 is 13.8 Å². The molecule has 3 aromatic heterocycles. The van der Waals surface area contributed by atoms with Crippen LogP contribution in [0.25, 0.3) is 91.9 Å². The van der Waals surface area contributed by atoms with Crippen molar-refractivity contribution in [2.75, 3.05) is 4.81 Å². The van der Waals surface area contributed by atoms with Crippen LogP contribution < -0.4 is 15.7 Å². The lowest BCUT2D eigenvalue weighted by Crippen LogP contribution is -2.60. The monoisotopic (exact) mass is 842 g/mol. The minimum absolute atomic E-state index is 0.0346. The summed E-state index contributed by atoms with van der Waals surface area (Å²) in [7, 11) is 0. The molecule has 0 bridgehead atoms. The van der Waals surface area contributed by atoms with Crippen LogP contribution >= 0.6 is 11.3 Å². The van der Waals surface area contributed by atoms with E-state index in [0.29, 0.717) is 0 Å². The van der Waals surface area contributed by atoms with E-state index in [1.54, 1.807) is 0 Å². The van der Waals surface area contributed by atoms with Gasteiger partial charge in [0.25, 0.3) is 0 Å². The van der Waals surface area contributed by atoms with E-state index in [0.717, 1.165) is 16.6 Å². The van der Waals surface area contributed by atoms with E-state index in [4.69, 9.17) is 4.42 Å². The Labute approximate surface area is 377 Å². The molecule has 0 spiro atoms. The highest BCUT2D eigenvalue weighted by molar-refractivity contribution is 7.25. The summed E-state index contributed by atoms with van der Waals surface area (Å²) in [5, 5.41) is 7.54. The molecule has 8 aromatic carbocycles. The normalized spacial score (nSPS) is 14.9. The van der Waals surface area contributed by atoms with E-state index < -0.39 is 0 Å². The highest BCUT2D eigenvalue weighted by Gasteiger charge is 2.46. The fourth-order valence-electron chi connectivity index (χ4n) is 12.0. The zero-order chi connectivity index (χ0) is 43.3. The van der Waals surface area contributed by atoms with Gasteiger partial charge in [-0.1, -0.05) is 140 Å². The Bertz CT molecular complexity index is 3900. The maximum absolute atomic E-state index is 6.60. The highest BCUT2D eigenvalue weighted by atomic mass is 32.1. The standard InChI is InChI=1S/C59H47BN2OS/c1-57(2,3)32-17-20-34(21-18-32)62-47-29-42-36-22-19-33(58(4,5)6)27-51(36)64-52(42)30-41(47)37-23-24-39-53-46(25-26-50-54(53)38-14-10-12-16-49(38)63-50)61-48-28-40-35-13-9-11-15-43(35)59(7,8)44(40)31-45(48)60(62)55(37)56(39)61/h9-31H,1-8H3. The highest BCUT2D eigenvalue weighted by Crippen LogP contribution is 2.53. The minimum Gasteiger partial charge on any atom is -0.456 e. The molecule has 0 amide bonds. The van der Waals surface area contributed by atoms with Gasteiger partial charge >= 0.3 is 6.85 Å². The summed E-state index contributed by atoms with van der Waals surface area (Å²) in [6.45, 7) is 18.6. The quantitative estimate of drug-likeness (QED) is 0.154. The first-order valence-corrected chi connectivity index (χ1v) is 23.7. The predicted molar refractivity (Wildman–Crippen MR) is 275 cm³/mol. The van der Waals surface area contributed by atoms with E-state index in [2.05, 4.69) is 204 Å². The first kappa shape index (κ1) is 36.9. The molecule has 2 aliphatic heterocycles. The number of nitrogens with zero attached hydrogens (tertiary/aromatic N) is 2.